The van der Waals surface area contributed by atoms with Crippen LogP contribution < -0.4 is 5.32 Å². The highest BCUT2D eigenvalue weighted by atomic mass is 79.9. The van der Waals surface area contributed by atoms with E-state index in [2.05, 4.69) is 53.3 Å². The second-order valence-corrected chi connectivity index (χ2v) is 5.48. The predicted octanol–water partition coefficient (Wildman–Crippen LogP) is 3.21. The van der Waals surface area contributed by atoms with Gasteiger partial charge in [-0.3, -0.25) is 0 Å². The predicted molar refractivity (Wildman–Crippen MR) is 66.3 cm³/mol. The molecule has 1 aliphatic heterocycles. The lowest BCUT2D eigenvalue weighted by Gasteiger charge is -2.38. The van der Waals surface area contributed by atoms with Gasteiger partial charge in [0.25, 0.3) is 0 Å². The van der Waals surface area contributed by atoms with Crippen molar-refractivity contribution in [1.29, 1.82) is 0 Å². The van der Waals surface area contributed by atoms with Crippen molar-refractivity contribution in [3.8, 4) is 0 Å². The molecule has 1 N–H and O–H groups in total. The van der Waals surface area contributed by atoms with E-state index in [4.69, 9.17) is 4.74 Å². The summed E-state index contributed by atoms with van der Waals surface area (Å²) in [7, 11) is 0. The number of halogens is 1. The Bertz CT molecular complexity index is 361. The van der Waals surface area contributed by atoms with E-state index in [1.807, 2.05) is 0 Å². The highest BCUT2D eigenvalue weighted by Crippen LogP contribution is 2.27. The van der Waals surface area contributed by atoms with Crippen LogP contribution in [-0.4, -0.2) is 19.8 Å². The lowest BCUT2D eigenvalue weighted by molar-refractivity contribution is -0.0924. The highest BCUT2D eigenvalue weighted by Gasteiger charge is 2.32. The largest absolute Gasteiger partial charge is 0.384 e. The fourth-order valence-electron chi connectivity index (χ4n) is 1.62. The average molecular weight is 270 g/mol. The van der Waals surface area contributed by atoms with Crippen molar-refractivity contribution in [3.05, 3.63) is 28.2 Å². The number of rotatable bonds is 3. The van der Waals surface area contributed by atoms with Crippen LogP contribution in [0.2, 0.25) is 0 Å². The molecule has 2 rings (SSSR count). The zero-order valence-electron chi connectivity index (χ0n) is 9.14. The molecular weight excluding hydrogens is 254 g/mol. The van der Waals surface area contributed by atoms with E-state index in [0.29, 0.717) is 5.41 Å². The Kier molecular flexibility index (Phi) is 3.03. The minimum absolute atomic E-state index is 0.320. The van der Waals surface area contributed by atoms with Crippen molar-refractivity contribution >= 4 is 21.6 Å². The van der Waals surface area contributed by atoms with Crippen molar-refractivity contribution in [3.63, 3.8) is 0 Å². The summed E-state index contributed by atoms with van der Waals surface area (Å²) in [6, 6.07) is 6.34. The van der Waals surface area contributed by atoms with E-state index in [1.54, 1.807) is 0 Å². The molecule has 1 heterocycles. The molecule has 1 aromatic rings. The summed E-state index contributed by atoms with van der Waals surface area (Å²) >= 11 is 3.50. The quantitative estimate of drug-likeness (QED) is 0.910. The number of aryl methyl sites for hydroxylation is 1. The van der Waals surface area contributed by atoms with Gasteiger partial charge in [0.15, 0.2) is 0 Å². The standard InChI is InChI=1S/C12H16BrNO/c1-9-5-10(3-4-11(9)13)14-6-12(2)7-15-8-12/h3-5,14H,6-8H2,1-2H3. The maximum atomic E-state index is 5.22. The van der Waals surface area contributed by atoms with Crippen molar-refractivity contribution in [2.24, 2.45) is 5.41 Å². The third-order valence-corrected chi connectivity index (χ3v) is 3.67. The monoisotopic (exact) mass is 269 g/mol. The molecule has 15 heavy (non-hydrogen) atoms. The minimum atomic E-state index is 0.320. The zero-order valence-corrected chi connectivity index (χ0v) is 10.7. The van der Waals surface area contributed by atoms with Gasteiger partial charge in [0.1, 0.15) is 0 Å². The van der Waals surface area contributed by atoms with Gasteiger partial charge in [0.2, 0.25) is 0 Å². The first kappa shape index (κ1) is 11.0. The molecule has 0 aromatic heterocycles. The fourth-order valence-corrected chi connectivity index (χ4v) is 1.87. The van der Waals surface area contributed by atoms with Crippen LogP contribution in [0.5, 0.6) is 0 Å². The van der Waals surface area contributed by atoms with Gasteiger partial charge in [-0.1, -0.05) is 22.9 Å². The first-order chi connectivity index (χ1) is 7.09. The van der Waals surface area contributed by atoms with Crippen LogP contribution in [-0.2, 0) is 4.74 Å². The van der Waals surface area contributed by atoms with Crippen LogP contribution in [0.3, 0.4) is 0 Å². The topological polar surface area (TPSA) is 21.3 Å². The molecule has 1 fully saturated rings. The van der Waals surface area contributed by atoms with E-state index in [0.717, 1.165) is 24.2 Å². The van der Waals surface area contributed by atoms with Gasteiger partial charge in [-0.05, 0) is 30.7 Å². The fraction of sp³-hybridized carbons (Fsp3) is 0.500. The van der Waals surface area contributed by atoms with Crippen molar-refractivity contribution < 1.29 is 4.74 Å². The maximum absolute atomic E-state index is 5.22. The van der Waals surface area contributed by atoms with E-state index >= 15 is 0 Å². The lowest BCUT2D eigenvalue weighted by Crippen LogP contribution is -2.45. The molecule has 0 spiro atoms. The Labute approximate surface area is 99.1 Å². The summed E-state index contributed by atoms with van der Waals surface area (Å²) in [5.41, 5.74) is 2.76. The first-order valence-electron chi connectivity index (χ1n) is 5.17. The van der Waals surface area contributed by atoms with Crippen LogP contribution in [0.15, 0.2) is 22.7 Å². The Balaban J connectivity index is 1.96. The molecule has 0 saturated carbocycles. The van der Waals surface area contributed by atoms with Gasteiger partial charge in [0, 0.05) is 22.1 Å². The molecule has 3 heteroatoms. The summed E-state index contributed by atoms with van der Waals surface area (Å²) < 4.78 is 6.38. The normalized spacial score (nSPS) is 18.3. The van der Waals surface area contributed by atoms with Crippen molar-refractivity contribution in [2.45, 2.75) is 13.8 Å². The molecular formula is C12H16BrNO. The van der Waals surface area contributed by atoms with Crippen molar-refractivity contribution in [1.82, 2.24) is 0 Å². The summed E-state index contributed by atoms with van der Waals surface area (Å²) in [5.74, 6) is 0. The number of hydrogen-bond acceptors (Lipinski definition) is 2. The molecule has 0 bridgehead atoms. The molecule has 0 unspecified atom stereocenters. The zero-order chi connectivity index (χ0) is 10.9. The number of ether oxygens (including phenoxy) is 1. The van der Waals surface area contributed by atoms with E-state index in [9.17, 15) is 0 Å². The smallest absolute Gasteiger partial charge is 0.0559 e. The summed E-state index contributed by atoms with van der Waals surface area (Å²) in [6.45, 7) is 7.07. The third-order valence-electron chi connectivity index (χ3n) is 2.78. The van der Waals surface area contributed by atoms with E-state index in [1.165, 1.54) is 11.3 Å². The molecule has 0 atom stereocenters. The Morgan fingerprint density at radius 1 is 1.47 bits per heavy atom. The van der Waals surface area contributed by atoms with Crippen LogP contribution in [0.1, 0.15) is 12.5 Å². The van der Waals surface area contributed by atoms with Crippen molar-refractivity contribution in [2.75, 3.05) is 25.1 Å². The Morgan fingerprint density at radius 3 is 2.73 bits per heavy atom. The van der Waals surface area contributed by atoms with Gasteiger partial charge < -0.3 is 10.1 Å². The number of hydrogen-bond donors (Lipinski definition) is 1. The number of benzene rings is 1. The second kappa shape index (κ2) is 4.14. The van der Waals surface area contributed by atoms with Gasteiger partial charge >= 0.3 is 0 Å². The summed E-state index contributed by atoms with van der Waals surface area (Å²) in [6.07, 6.45) is 0. The van der Waals surface area contributed by atoms with Gasteiger partial charge in [-0.15, -0.1) is 0 Å². The van der Waals surface area contributed by atoms with Crippen LogP contribution in [0.4, 0.5) is 5.69 Å². The lowest BCUT2D eigenvalue weighted by atomic mass is 9.88. The Hall–Kier alpha value is -0.540. The molecule has 0 radical (unpaired) electrons. The first-order valence-corrected chi connectivity index (χ1v) is 5.96. The summed E-state index contributed by atoms with van der Waals surface area (Å²) in [5, 5.41) is 3.45. The molecule has 82 valence electrons. The van der Waals surface area contributed by atoms with Crippen LogP contribution in [0.25, 0.3) is 0 Å². The SMILES string of the molecule is Cc1cc(NCC2(C)COC2)ccc1Br. The molecule has 0 amide bonds. The molecule has 1 saturated heterocycles. The van der Waals surface area contributed by atoms with Crippen LogP contribution >= 0.6 is 15.9 Å². The molecule has 1 aliphatic rings. The molecule has 2 nitrogen and oxygen atoms in total. The molecule has 1 aromatic carbocycles. The second-order valence-electron chi connectivity index (χ2n) is 4.62. The van der Waals surface area contributed by atoms with E-state index < -0.39 is 0 Å². The highest BCUT2D eigenvalue weighted by molar-refractivity contribution is 9.10. The van der Waals surface area contributed by atoms with Gasteiger partial charge in [-0.2, -0.15) is 0 Å². The van der Waals surface area contributed by atoms with E-state index in [-0.39, 0.29) is 0 Å². The minimum Gasteiger partial charge on any atom is -0.384 e. The van der Waals surface area contributed by atoms with Crippen LogP contribution in [0, 0.1) is 12.3 Å². The average Bonchev–Trinajstić information content (AvgIpc) is 2.17. The summed E-state index contributed by atoms with van der Waals surface area (Å²) in [4.78, 5) is 0. The van der Waals surface area contributed by atoms with Gasteiger partial charge in [-0.25, -0.2) is 0 Å². The third kappa shape index (κ3) is 2.52. The maximum Gasteiger partial charge on any atom is 0.0559 e. The number of anilines is 1. The number of nitrogens with one attached hydrogen (secondary N) is 1. The van der Waals surface area contributed by atoms with Gasteiger partial charge in [0.05, 0.1) is 13.2 Å². The Morgan fingerprint density at radius 2 is 2.20 bits per heavy atom. The molecule has 0 aliphatic carbocycles.